The molecule has 0 spiro atoms. The molecule has 1 aliphatic heterocycles. The summed E-state index contributed by atoms with van der Waals surface area (Å²) in [7, 11) is -2.92. The van der Waals surface area contributed by atoms with Crippen LogP contribution in [0.2, 0.25) is 0 Å². The van der Waals surface area contributed by atoms with E-state index in [0.717, 1.165) is 10.0 Å². The molecule has 1 saturated heterocycles. The van der Waals surface area contributed by atoms with Crippen molar-refractivity contribution in [1.82, 2.24) is 0 Å². The number of hydrogen-bond acceptors (Lipinski definition) is 4. The van der Waals surface area contributed by atoms with Crippen LogP contribution in [0.5, 0.6) is 5.75 Å². The van der Waals surface area contributed by atoms with Crippen molar-refractivity contribution in [2.75, 3.05) is 11.5 Å². The largest absolute Gasteiger partial charge is 0.489 e. The Morgan fingerprint density at radius 3 is 2.78 bits per heavy atom. The Bertz CT molecular complexity index is 542. The lowest BCUT2D eigenvalue weighted by Gasteiger charge is -2.18. The molecule has 0 saturated carbocycles. The van der Waals surface area contributed by atoms with Crippen LogP contribution in [-0.2, 0) is 9.84 Å². The van der Waals surface area contributed by atoms with Crippen LogP contribution in [0, 0.1) is 0 Å². The van der Waals surface area contributed by atoms with Crippen molar-refractivity contribution in [2.24, 2.45) is 5.73 Å². The lowest BCUT2D eigenvalue weighted by atomic mass is 10.1. The molecule has 0 amide bonds. The zero-order chi connectivity index (χ0) is 13.3. The first-order valence-electron chi connectivity index (χ1n) is 5.79. The van der Waals surface area contributed by atoms with Gasteiger partial charge in [-0.15, -0.1) is 0 Å². The highest BCUT2D eigenvalue weighted by Gasteiger charge is 2.30. The predicted octanol–water partition coefficient (Wildman–Crippen LogP) is 2.03. The van der Waals surface area contributed by atoms with Gasteiger partial charge in [0.2, 0.25) is 0 Å². The molecule has 18 heavy (non-hydrogen) atoms. The molecule has 2 unspecified atom stereocenters. The maximum Gasteiger partial charge on any atom is 0.154 e. The van der Waals surface area contributed by atoms with Crippen molar-refractivity contribution in [2.45, 2.75) is 25.5 Å². The lowest BCUT2D eigenvalue weighted by molar-refractivity contribution is 0.225. The maximum atomic E-state index is 11.4. The fourth-order valence-electron chi connectivity index (χ4n) is 2.02. The van der Waals surface area contributed by atoms with Crippen molar-refractivity contribution in [1.29, 1.82) is 0 Å². The standard InChI is InChI=1S/C12H16BrNO3S/c1-8(14)11-6-9(13)2-3-12(11)17-10-4-5-18(15,16)7-10/h2-3,6,8,10H,4-5,7,14H2,1H3. The van der Waals surface area contributed by atoms with Gasteiger partial charge >= 0.3 is 0 Å². The van der Waals surface area contributed by atoms with Crippen LogP contribution in [0.25, 0.3) is 0 Å². The van der Waals surface area contributed by atoms with Crippen LogP contribution >= 0.6 is 15.9 Å². The average Bonchev–Trinajstić information content (AvgIpc) is 2.60. The summed E-state index contributed by atoms with van der Waals surface area (Å²) in [6.07, 6.45) is 0.297. The van der Waals surface area contributed by atoms with E-state index in [1.165, 1.54) is 0 Å². The molecule has 6 heteroatoms. The molecule has 4 nitrogen and oxygen atoms in total. The van der Waals surface area contributed by atoms with E-state index in [9.17, 15) is 8.42 Å². The molecule has 1 aliphatic rings. The fourth-order valence-corrected chi connectivity index (χ4v) is 3.98. The van der Waals surface area contributed by atoms with Gasteiger partial charge in [0.15, 0.2) is 9.84 Å². The van der Waals surface area contributed by atoms with Crippen molar-refractivity contribution in [3.05, 3.63) is 28.2 Å². The van der Waals surface area contributed by atoms with Crippen LogP contribution in [-0.4, -0.2) is 26.0 Å². The van der Waals surface area contributed by atoms with E-state index in [2.05, 4.69) is 15.9 Å². The van der Waals surface area contributed by atoms with Crippen LogP contribution in [0.1, 0.15) is 24.9 Å². The van der Waals surface area contributed by atoms with E-state index in [4.69, 9.17) is 10.5 Å². The van der Waals surface area contributed by atoms with Gasteiger partial charge in [-0.2, -0.15) is 0 Å². The molecule has 100 valence electrons. The fraction of sp³-hybridized carbons (Fsp3) is 0.500. The zero-order valence-electron chi connectivity index (χ0n) is 10.1. The summed E-state index contributed by atoms with van der Waals surface area (Å²) in [5.74, 6) is 0.985. The van der Waals surface area contributed by atoms with E-state index in [1.54, 1.807) is 0 Å². The third-order valence-electron chi connectivity index (χ3n) is 2.95. The minimum absolute atomic E-state index is 0.0987. The van der Waals surface area contributed by atoms with Crippen LogP contribution in [0.4, 0.5) is 0 Å². The van der Waals surface area contributed by atoms with Crippen LogP contribution in [0.3, 0.4) is 0 Å². The maximum absolute atomic E-state index is 11.4. The summed E-state index contributed by atoms with van der Waals surface area (Å²) in [4.78, 5) is 0. The number of nitrogens with two attached hydrogens (primary N) is 1. The first-order chi connectivity index (χ1) is 8.37. The van der Waals surface area contributed by atoms with Crippen molar-refractivity contribution in [3.63, 3.8) is 0 Å². The number of hydrogen-bond donors (Lipinski definition) is 1. The SMILES string of the molecule is CC(N)c1cc(Br)ccc1OC1CCS(=O)(=O)C1. The Labute approximate surface area is 116 Å². The summed E-state index contributed by atoms with van der Waals surface area (Å²) in [5.41, 5.74) is 6.77. The molecule has 0 bridgehead atoms. The molecule has 1 aromatic rings. The summed E-state index contributed by atoms with van der Waals surface area (Å²) in [6, 6.07) is 5.44. The number of ether oxygens (including phenoxy) is 1. The normalized spacial score (nSPS) is 23.8. The molecule has 0 aliphatic carbocycles. The van der Waals surface area contributed by atoms with Gasteiger partial charge in [0.25, 0.3) is 0 Å². The predicted molar refractivity (Wildman–Crippen MR) is 74.4 cm³/mol. The second kappa shape index (κ2) is 5.19. The van der Waals surface area contributed by atoms with E-state index in [1.807, 2.05) is 25.1 Å². The molecule has 2 atom stereocenters. The molecular weight excluding hydrogens is 318 g/mol. The molecule has 2 rings (SSSR count). The molecule has 1 aromatic carbocycles. The highest BCUT2D eigenvalue weighted by atomic mass is 79.9. The van der Waals surface area contributed by atoms with Gasteiger partial charge in [-0.05, 0) is 31.5 Å². The quantitative estimate of drug-likeness (QED) is 0.918. The van der Waals surface area contributed by atoms with Gasteiger partial charge in [0, 0.05) is 16.1 Å². The summed E-state index contributed by atoms with van der Waals surface area (Å²) in [5, 5.41) is 0. The van der Waals surface area contributed by atoms with Crippen molar-refractivity contribution < 1.29 is 13.2 Å². The Hall–Kier alpha value is -0.590. The van der Waals surface area contributed by atoms with Gasteiger partial charge in [-0.1, -0.05) is 15.9 Å². The third-order valence-corrected chi connectivity index (χ3v) is 5.18. The number of rotatable bonds is 3. The molecular formula is C12H16BrNO3S. The van der Waals surface area contributed by atoms with Gasteiger partial charge < -0.3 is 10.5 Å². The number of sulfone groups is 1. The first kappa shape index (κ1) is 13.8. The Morgan fingerprint density at radius 2 is 2.22 bits per heavy atom. The molecule has 0 radical (unpaired) electrons. The highest BCUT2D eigenvalue weighted by Crippen LogP contribution is 2.29. The highest BCUT2D eigenvalue weighted by molar-refractivity contribution is 9.10. The van der Waals surface area contributed by atoms with Gasteiger partial charge in [-0.3, -0.25) is 0 Å². The van der Waals surface area contributed by atoms with E-state index < -0.39 is 9.84 Å². The summed E-state index contributed by atoms with van der Waals surface area (Å²) in [6.45, 7) is 1.88. The lowest BCUT2D eigenvalue weighted by Crippen LogP contribution is -2.19. The molecule has 1 heterocycles. The second-order valence-corrected chi connectivity index (χ2v) is 7.76. The van der Waals surface area contributed by atoms with Crippen LogP contribution in [0.15, 0.2) is 22.7 Å². The van der Waals surface area contributed by atoms with E-state index in [-0.39, 0.29) is 23.7 Å². The first-order valence-corrected chi connectivity index (χ1v) is 8.41. The molecule has 2 N–H and O–H groups in total. The summed E-state index contributed by atoms with van der Waals surface area (Å²) < 4.78 is 29.5. The number of halogens is 1. The number of benzene rings is 1. The van der Waals surface area contributed by atoms with Crippen molar-refractivity contribution in [3.8, 4) is 5.75 Å². The molecule has 0 aromatic heterocycles. The Balaban J connectivity index is 2.19. The molecule has 1 fully saturated rings. The van der Waals surface area contributed by atoms with Gasteiger partial charge in [0.05, 0.1) is 11.5 Å². The third kappa shape index (κ3) is 3.24. The van der Waals surface area contributed by atoms with Gasteiger partial charge in [0.1, 0.15) is 11.9 Å². The van der Waals surface area contributed by atoms with E-state index >= 15 is 0 Å². The van der Waals surface area contributed by atoms with Crippen LogP contribution < -0.4 is 10.5 Å². The topological polar surface area (TPSA) is 69.4 Å². The summed E-state index contributed by atoms with van der Waals surface area (Å²) >= 11 is 3.39. The van der Waals surface area contributed by atoms with Gasteiger partial charge in [-0.25, -0.2) is 8.42 Å². The Kier molecular flexibility index (Phi) is 3.99. The smallest absolute Gasteiger partial charge is 0.154 e. The second-order valence-electron chi connectivity index (χ2n) is 4.61. The Morgan fingerprint density at radius 1 is 1.50 bits per heavy atom. The average molecular weight is 334 g/mol. The zero-order valence-corrected chi connectivity index (χ0v) is 12.5. The minimum Gasteiger partial charge on any atom is -0.489 e. The van der Waals surface area contributed by atoms with Crippen molar-refractivity contribution >= 4 is 25.8 Å². The minimum atomic E-state index is -2.92. The monoisotopic (exact) mass is 333 g/mol. The van der Waals surface area contributed by atoms with E-state index in [0.29, 0.717) is 12.2 Å².